The number of fused-ring (bicyclic) bond motifs is 1. The highest BCUT2D eigenvalue weighted by atomic mass is 35.5. The molecule has 0 aromatic heterocycles. The van der Waals surface area contributed by atoms with Gasteiger partial charge in [0.2, 0.25) is 5.91 Å². The second kappa shape index (κ2) is 6.53. The van der Waals surface area contributed by atoms with Crippen LogP contribution >= 0.6 is 35.0 Å². The molecule has 0 unspecified atom stereocenters. The second-order valence-corrected chi connectivity index (χ2v) is 7.34. The van der Waals surface area contributed by atoms with E-state index in [2.05, 4.69) is 6.07 Å². The van der Waals surface area contributed by atoms with E-state index in [0.29, 0.717) is 10.0 Å². The van der Waals surface area contributed by atoms with Crippen molar-refractivity contribution in [1.29, 1.82) is 0 Å². The molecule has 0 spiro atoms. The molecule has 0 aliphatic carbocycles. The Hall–Kier alpha value is -1.16. The number of rotatable bonds is 3. The molecule has 0 fully saturated rings. The van der Waals surface area contributed by atoms with Gasteiger partial charge in [-0.3, -0.25) is 4.79 Å². The van der Waals surface area contributed by atoms with Gasteiger partial charge in [0, 0.05) is 17.1 Å². The third kappa shape index (κ3) is 2.98. The zero-order chi connectivity index (χ0) is 15.7. The molecule has 2 nitrogen and oxygen atoms in total. The highest BCUT2D eigenvalue weighted by molar-refractivity contribution is 8.00. The quantitative estimate of drug-likeness (QED) is 0.720. The van der Waals surface area contributed by atoms with Crippen LogP contribution in [-0.2, 0) is 11.2 Å². The molecule has 1 aliphatic heterocycles. The molecule has 5 heteroatoms. The summed E-state index contributed by atoms with van der Waals surface area (Å²) in [4.78, 5) is 15.4. The van der Waals surface area contributed by atoms with Gasteiger partial charge in [0.1, 0.15) is 0 Å². The lowest BCUT2D eigenvalue weighted by atomic mass is 10.2. The van der Waals surface area contributed by atoms with E-state index < -0.39 is 0 Å². The molecule has 22 heavy (non-hydrogen) atoms. The summed E-state index contributed by atoms with van der Waals surface area (Å²) in [5.74, 6) is 0.0888. The number of benzene rings is 2. The van der Waals surface area contributed by atoms with Gasteiger partial charge in [-0.1, -0.05) is 47.5 Å². The maximum absolute atomic E-state index is 12.8. The van der Waals surface area contributed by atoms with Crippen LogP contribution in [-0.4, -0.2) is 17.7 Å². The first kappa shape index (κ1) is 15.7. The topological polar surface area (TPSA) is 20.3 Å². The predicted octanol–water partition coefficient (Wildman–Crippen LogP) is 5.06. The van der Waals surface area contributed by atoms with Crippen LogP contribution in [0.15, 0.2) is 47.4 Å². The van der Waals surface area contributed by atoms with Crippen molar-refractivity contribution in [3.8, 4) is 0 Å². The Morgan fingerprint density at radius 3 is 2.55 bits per heavy atom. The fourth-order valence-electron chi connectivity index (χ4n) is 2.61. The first-order valence-electron chi connectivity index (χ1n) is 7.08. The number of hydrogen-bond donors (Lipinski definition) is 0. The molecule has 114 valence electrons. The van der Waals surface area contributed by atoms with E-state index in [9.17, 15) is 4.79 Å². The Morgan fingerprint density at radius 1 is 1.14 bits per heavy atom. The number of nitrogens with zero attached hydrogens (tertiary/aromatic N) is 1. The Morgan fingerprint density at radius 2 is 1.82 bits per heavy atom. The van der Waals surface area contributed by atoms with Crippen LogP contribution in [0.5, 0.6) is 0 Å². The van der Waals surface area contributed by atoms with E-state index in [-0.39, 0.29) is 11.2 Å². The van der Waals surface area contributed by atoms with Gasteiger partial charge in [-0.2, -0.15) is 0 Å². The minimum absolute atomic E-state index is 0.0888. The standard InChI is InChI=1S/C17H15Cl2NOS/c1-11(22-16-13(18)6-4-7-14(16)19)17(21)20-10-9-12-5-2-3-8-15(12)20/h2-8,11H,9-10H2,1H3/t11-/m1/s1. The van der Waals surface area contributed by atoms with E-state index in [1.807, 2.05) is 30.0 Å². The van der Waals surface area contributed by atoms with Gasteiger partial charge in [-0.15, -0.1) is 11.8 Å². The van der Waals surface area contributed by atoms with Crippen molar-refractivity contribution in [2.24, 2.45) is 0 Å². The van der Waals surface area contributed by atoms with Crippen LogP contribution in [0.3, 0.4) is 0 Å². The van der Waals surface area contributed by atoms with Crippen LogP contribution < -0.4 is 4.90 Å². The molecule has 1 aliphatic rings. The van der Waals surface area contributed by atoms with Crippen molar-refractivity contribution in [1.82, 2.24) is 0 Å². The van der Waals surface area contributed by atoms with Crippen molar-refractivity contribution in [2.45, 2.75) is 23.5 Å². The molecule has 2 aromatic carbocycles. The third-order valence-corrected chi connectivity index (χ3v) is 5.80. The number of para-hydroxylation sites is 1. The third-order valence-electron chi connectivity index (χ3n) is 3.71. The second-order valence-electron chi connectivity index (χ2n) is 5.18. The molecule has 3 rings (SSSR count). The molecule has 0 saturated carbocycles. The van der Waals surface area contributed by atoms with Crippen molar-refractivity contribution in [2.75, 3.05) is 11.4 Å². The number of carbonyl (C=O) groups excluding carboxylic acids is 1. The predicted molar refractivity (Wildman–Crippen MR) is 94.3 cm³/mol. The Labute approximate surface area is 144 Å². The van der Waals surface area contributed by atoms with Crippen LogP contribution in [0.1, 0.15) is 12.5 Å². The van der Waals surface area contributed by atoms with Gasteiger partial charge in [0.05, 0.1) is 15.3 Å². The fraction of sp³-hybridized carbons (Fsp3) is 0.235. The summed E-state index contributed by atoms with van der Waals surface area (Å²) in [6, 6.07) is 13.4. The molecule has 1 amide bonds. The van der Waals surface area contributed by atoms with Gasteiger partial charge >= 0.3 is 0 Å². The van der Waals surface area contributed by atoms with Crippen LogP contribution in [0.2, 0.25) is 10.0 Å². The van der Waals surface area contributed by atoms with Crippen molar-refractivity contribution >= 4 is 46.6 Å². The number of carbonyl (C=O) groups is 1. The van der Waals surface area contributed by atoms with Gasteiger partial charge in [-0.25, -0.2) is 0 Å². The zero-order valence-electron chi connectivity index (χ0n) is 12.1. The van der Waals surface area contributed by atoms with E-state index >= 15 is 0 Å². The average Bonchev–Trinajstić information content (AvgIpc) is 2.94. The molecule has 1 atom stereocenters. The van der Waals surface area contributed by atoms with Crippen molar-refractivity contribution < 1.29 is 4.79 Å². The highest BCUT2D eigenvalue weighted by Gasteiger charge is 2.28. The number of halogens is 2. The maximum Gasteiger partial charge on any atom is 0.240 e. The summed E-state index contributed by atoms with van der Waals surface area (Å²) in [5.41, 5.74) is 2.24. The molecule has 0 bridgehead atoms. The Kier molecular flexibility index (Phi) is 4.67. The van der Waals surface area contributed by atoms with Crippen molar-refractivity contribution in [3.05, 3.63) is 58.1 Å². The van der Waals surface area contributed by atoms with Gasteiger partial charge in [0.15, 0.2) is 0 Å². The average molecular weight is 352 g/mol. The van der Waals surface area contributed by atoms with Crippen LogP contribution in [0.25, 0.3) is 0 Å². The lowest BCUT2D eigenvalue weighted by Crippen LogP contribution is -2.35. The molecule has 2 aromatic rings. The number of thioether (sulfide) groups is 1. The van der Waals surface area contributed by atoms with Gasteiger partial charge in [0.25, 0.3) is 0 Å². The lowest BCUT2D eigenvalue weighted by molar-refractivity contribution is -0.117. The van der Waals surface area contributed by atoms with Crippen molar-refractivity contribution in [3.63, 3.8) is 0 Å². The Balaban J connectivity index is 1.79. The highest BCUT2D eigenvalue weighted by Crippen LogP contribution is 2.38. The van der Waals surface area contributed by atoms with E-state index in [1.54, 1.807) is 18.2 Å². The minimum atomic E-state index is -0.247. The SMILES string of the molecule is C[C@@H](Sc1c(Cl)cccc1Cl)C(=O)N1CCc2ccccc21. The van der Waals surface area contributed by atoms with E-state index in [1.165, 1.54) is 17.3 Å². The van der Waals surface area contributed by atoms with Gasteiger partial charge < -0.3 is 4.90 Å². The molecular formula is C17H15Cl2NOS. The zero-order valence-corrected chi connectivity index (χ0v) is 14.4. The summed E-state index contributed by atoms with van der Waals surface area (Å²) in [6.07, 6.45) is 0.909. The lowest BCUT2D eigenvalue weighted by Gasteiger charge is -2.22. The summed E-state index contributed by atoms with van der Waals surface area (Å²) < 4.78 is 0. The summed E-state index contributed by atoms with van der Waals surface area (Å²) in [7, 11) is 0. The molecule has 1 heterocycles. The fourth-order valence-corrected chi connectivity index (χ4v) is 4.22. The minimum Gasteiger partial charge on any atom is -0.311 e. The number of anilines is 1. The molecular weight excluding hydrogens is 337 g/mol. The number of hydrogen-bond acceptors (Lipinski definition) is 2. The largest absolute Gasteiger partial charge is 0.311 e. The maximum atomic E-state index is 12.8. The first-order chi connectivity index (χ1) is 10.6. The summed E-state index contributed by atoms with van der Waals surface area (Å²) in [5, 5.41) is 0.918. The first-order valence-corrected chi connectivity index (χ1v) is 8.71. The molecule has 0 saturated heterocycles. The molecule has 0 N–H and O–H groups in total. The summed E-state index contributed by atoms with van der Waals surface area (Å²) in [6.45, 7) is 2.63. The summed E-state index contributed by atoms with van der Waals surface area (Å²) >= 11 is 13.8. The Bertz CT molecular complexity index is 699. The van der Waals surface area contributed by atoms with Gasteiger partial charge in [-0.05, 0) is 37.1 Å². The van der Waals surface area contributed by atoms with Crippen LogP contribution in [0.4, 0.5) is 5.69 Å². The monoisotopic (exact) mass is 351 g/mol. The number of amides is 1. The van der Waals surface area contributed by atoms with E-state index in [0.717, 1.165) is 23.5 Å². The molecule has 0 radical (unpaired) electrons. The van der Waals surface area contributed by atoms with E-state index in [4.69, 9.17) is 23.2 Å². The van der Waals surface area contributed by atoms with Crippen LogP contribution in [0, 0.1) is 0 Å². The normalized spacial score (nSPS) is 14.8. The smallest absolute Gasteiger partial charge is 0.240 e.